The average Bonchev–Trinajstić information content (AvgIpc) is 2.73. The predicted molar refractivity (Wildman–Crippen MR) is 74.7 cm³/mol. The lowest BCUT2D eigenvalue weighted by molar-refractivity contribution is -0.141. The van der Waals surface area contributed by atoms with E-state index < -0.39 is 22.9 Å². The summed E-state index contributed by atoms with van der Waals surface area (Å²) in [5.41, 5.74) is 4.77. The summed E-state index contributed by atoms with van der Waals surface area (Å²) in [5.74, 6) is -0.429. The van der Waals surface area contributed by atoms with E-state index in [1.807, 2.05) is 0 Å². The largest absolute Gasteiger partial charge is 0.433 e. The molecule has 2 N–H and O–H groups in total. The molecule has 0 bridgehead atoms. The normalized spacial score (nSPS) is 18.6. The van der Waals surface area contributed by atoms with Crippen LogP contribution < -0.4 is 5.73 Å². The molecule has 4 nitrogen and oxygen atoms in total. The van der Waals surface area contributed by atoms with Gasteiger partial charge < -0.3 is 10.6 Å². The molecule has 118 valence electrons. The van der Waals surface area contributed by atoms with Crippen molar-refractivity contribution < 1.29 is 18.0 Å². The molecule has 1 saturated heterocycles. The maximum Gasteiger partial charge on any atom is 0.433 e. The Labute approximate surface area is 130 Å². The third-order valence-electron chi connectivity index (χ3n) is 3.19. The predicted octanol–water partition coefficient (Wildman–Crippen LogP) is 2.66. The van der Waals surface area contributed by atoms with Gasteiger partial charge in [-0.1, -0.05) is 11.6 Å². The third-order valence-corrected chi connectivity index (χ3v) is 3.46. The molecule has 9 heteroatoms. The number of rotatable bonds is 1. The molecular weight excluding hydrogens is 330 g/mol. The van der Waals surface area contributed by atoms with Crippen molar-refractivity contribution in [3.8, 4) is 0 Å². The lowest BCUT2D eigenvalue weighted by Gasteiger charge is -2.18. The maximum atomic E-state index is 12.6. The molecule has 2 heterocycles. The molecule has 1 aromatic rings. The zero-order valence-electron chi connectivity index (χ0n) is 11.1. The van der Waals surface area contributed by atoms with Crippen LogP contribution in [0.5, 0.6) is 0 Å². The Kier molecular flexibility index (Phi) is 5.46. The van der Waals surface area contributed by atoms with Gasteiger partial charge in [0.15, 0.2) is 0 Å². The van der Waals surface area contributed by atoms with E-state index in [4.69, 9.17) is 17.3 Å². The molecule has 0 aromatic carbocycles. The van der Waals surface area contributed by atoms with E-state index in [2.05, 4.69) is 4.98 Å². The Balaban J connectivity index is 0.00000220. The van der Waals surface area contributed by atoms with Gasteiger partial charge in [-0.3, -0.25) is 4.79 Å². The third kappa shape index (κ3) is 3.78. The van der Waals surface area contributed by atoms with Crippen LogP contribution >= 0.6 is 24.0 Å². The van der Waals surface area contributed by atoms with Crippen LogP contribution in [-0.4, -0.2) is 34.9 Å². The van der Waals surface area contributed by atoms with E-state index in [1.165, 1.54) is 11.8 Å². The van der Waals surface area contributed by atoms with E-state index >= 15 is 0 Å². The zero-order valence-corrected chi connectivity index (χ0v) is 12.6. The van der Waals surface area contributed by atoms with Gasteiger partial charge in [0, 0.05) is 19.1 Å². The number of hydrogen-bond acceptors (Lipinski definition) is 3. The number of carbonyl (C=O) groups excluding carboxylic acids is 1. The van der Waals surface area contributed by atoms with Crippen LogP contribution in [0.4, 0.5) is 13.2 Å². The number of hydrogen-bond donors (Lipinski definition) is 1. The van der Waals surface area contributed by atoms with Crippen LogP contribution in [0.15, 0.2) is 6.07 Å². The van der Waals surface area contributed by atoms with Gasteiger partial charge in [0.05, 0.1) is 5.56 Å². The van der Waals surface area contributed by atoms with E-state index in [-0.39, 0.29) is 29.6 Å². The first-order valence-corrected chi connectivity index (χ1v) is 6.37. The lowest BCUT2D eigenvalue weighted by Crippen LogP contribution is -2.32. The minimum atomic E-state index is -4.59. The standard InChI is InChI=1S/C12H13ClF3N3O.ClH/c1-6-4-8(12(14,15)16)18-10(13)9(6)11(20)19-3-2-7(17)5-19;/h4,7H,2-3,5,17H2,1H3;1H. The van der Waals surface area contributed by atoms with Crippen LogP contribution in [0.1, 0.15) is 28.0 Å². The van der Waals surface area contributed by atoms with Gasteiger partial charge in [-0.2, -0.15) is 13.2 Å². The van der Waals surface area contributed by atoms with E-state index in [1.54, 1.807) is 0 Å². The highest BCUT2D eigenvalue weighted by molar-refractivity contribution is 6.32. The van der Waals surface area contributed by atoms with Crippen LogP contribution in [0.3, 0.4) is 0 Å². The molecule has 21 heavy (non-hydrogen) atoms. The van der Waals surface area contributed by atoms with Crippen molar-refractivity contribution in [2.75, 3.05) is 13.1 Å². The number of nitrogens with zero attached hydrogens (tertiary/aromatic N) is 2. The molecular formula is C12H14Cl2F3N3O. The topological polar surface area (TPSA) is 59.2 Å². The molecule has 2 rings (SSSR count). The number of aryl methyl sites for hydroxylation is 1. The minimum absolute atomic E-state index is 0. The second kappa shape index (κ2) is 6.37. The lowest BCUT2D eigenvalue weighted by atomic mass is 10.1. The molecule has 0 radical (unpaired) electrons. The molecule has 1 fully saturated rings. The smallest absolute Gasteiger partial charge is 0.337 e. The van der Waals surface area contributed by atoms with E-state index in [0.29, 0.717) is 19.5 Å². The quantitative estimate of drug-likeness (QED) is 0.797. The molecule has 0 aliphatic carbocycles. The highest BCUT2D eigenvalue weighted by Crippen LogP contribution is 2.31. The SMILES string of the molecule is Cc1cc(C(F)(F)F)nc(Cl)c1C(=O)N1CCC(N)C1.Cl. The molecule has 1 amide bonds. The molecule has 0 spiro atoms. The first-order valence-electron chi connectivity index (χ1n) is 5.99. The van der Waals surface area contributed by atoms with Crippen molar-refractivity contribution in [3.63, 3.8) is 0 Å². The molecule has 1 atom stereocenters. The molecule has 1 aliphatic heterocycles. The van der Waals surface area contributed by atoms with Crippen molar-refractivity contribution in [3.05, 3.63) is 28.0 Å². The first kappa shape index (κ1) is 18.0. The summed E-state index contributed by atoms with van der Waals surface area (Å²) in [6.45, 7) is 2.25. The van der Waals surface area contributed by atoms with Gasteiger partial charge in [-0.05, 0) is 25.0 Å². The minimum Gasteiger partial charge on any atom is -0.337 e. The molecule has 0 saturated carbocycles. The number of amides is 1. The summed E-state index contributed by atoms with van der Waals surface area (Å²) in [6.07, 6.45) is -3.93. The van der Waals surface area contributed by atoms with Crippen molar-refractivity contribution in [2.45, 2.75) is 25.6 Å². The van der Waals surface area contributed by atoms with Crippen LogP contribution in [0.2, 0.25) is 5.15 Å². The summed E-state index contributed by atoms with van der Waals surface area (Å²) in [6, 6.07) is 0.718. The fraction of sp³-hybridized carbons (Fsp3) is 0.500. The number of pyridine rings is 1. The van der Waals surface area contributed by atoms with Crippen molar-refractivity contribution in [1.29, 1.82) is 0 Å². The number of halogens is 5. The van der Waals surface area contributed by atoms with E-state index in [0.717, 1.165) is 6.07 Å². The second-order valence-corrected chi connectivity index (χ2v) is 5.15. The van der Waals surface area contributed by atoms with Crippen molar-refractivity contribution in [2.24, 2.45) is 5.73 Å². The monoisotopic (exact) mass is 343 g/mol. The van der Waals surface area contributed by atoms with Gasteiger partial charge in [0.2, 0.25) is 0 Å². The van der Waals surface area contributed by atoms with Gasteiger partial charge in [-0.25, -0.2) is 4.98 Å². The van der Waals surface area contributed by atoms with Crippen molar-refractivity contribution in [1.82, 2.24) is 9.88 Å². The zero-order chi connectivity index (χ0) is 15.1. The van der Waals surface area contributed by atoms with Gasteiger partial charge in [0.25, 0.3) is 5.91 Å². The summed E-state index contributed by atoms with van der Waals surface area (Å²) >= 11 is 5.76. The summed E-state index contributed by atoms with van der Waals surface area (Å²) in [5, 5.41) is -0.428. The Hall–Kier alpha value is -1.05. The van der Waals surface area contributed by atoms with E-state index in [9.17, 15) is 18.0 Å². The fourth-order valence-electron chi connectivity index (χ4n) is 2.17. The average molecular weight is 344 g/mol. The highest BCUT2D eigenvalue weighted by atomic mass is 35.5. The van der Waals surface area contributed by atoms with Gasteiger partial charge in [0.1, 0.15) is 10.8 Å². The summed E-state index contributed by atoms with van der Waals surface area (Å²) in [7, 11) is 0. The van der Waals surface area contributed by atoms with Crippen LogP contribution in [0.25, 0.3) is 0 Å². The van der Waals surface area contributed by atoms with Gasteiger partial charge in [-0.15, -0.1) is 12.4 Å². The van der Waals surface area contributed by atoms with Gasteiger partial charge >= 0.3 is 6.18 Å². The Morgan fingerprint density at radius 2 is 2.14 bits per heavy atom. The molecule has 1 unspecified atom stereocenters. The fourth-order valence-corrected chi connectivity index (χ4v) is 2.49. The number of carbonyl (C=O) groups is 1. The van der Waals surface area contributed by atoms with Crippen LogP contribution in [0, 0.1) is 6.92 Å². The summed E-state index contributed by atoms with van der Waals surface area (Å²) in [4.78, 5) is 17.0. The summed E-state index contributed by atoms with van der Waals surface area (Å²) < 4.78 is 37.8. The molecule has 1 aliphatic rings. The maximum absolute atomic E-state index is 12.6. The number of nitrogens with two attached hydrogens (primary N) is 1. The Bertz CT molecular complexity index is 528. The Morgan fingerprint density at radius 3 is 2.57 bits per heavy atom. The van der Waals surface area contributed by atoms with Crippen molar-refractivity contribution >= 4 is 29.9 Å². The number of alkyl halides is 3. The Morgan fingerprint density at radius 1 is 1.52 bits per heavy atom. The molecule has 1 aromatic heterocycles. The highest BCUT2D eigenvalue weighted by Gasteiger charge is 2.35. The second-order valence-electron chi connectivity index (χ2n) is 4.79. The first-order chi connectivity index (χ1) is 9.20. The van der Waals surface area contributed by atoms with Crippen LogP contribution in [-0.2, 0) is 6.18 Å². The number of likely N-dealkylation sites (tertiary alicyclic amines) is 1. The number of aromatic nitrogens is 1.